The van der Waals surface area contributed by atoms with Gasteiger partial charge in [0.15, 0.2) is 11.5 Å². The molecule has 1 aliphatic heterocycles. The molecule has 0 radical (unpaired) electrons. The molecule has 0 aliphatic carbocycles. The average molecular weight is 413 g/mol. The molecule has 0 atom stereocenters. The highest BCUT2D eigenvalue weighted by Gasteiger charge is 2.18. The molecule has 1 fully saturated rings. The molecule has 2 aromatic rings. The van der Waals surface area contributed by atoms with Crippen LogP contribution in [-0.2, 0) is 11.2 Å². The van der Waals surface area contributed by atoms with E-state index in [1.54, 1.807) is 21.3 Å². The Kier molecular flexibility index (Phi) is 7.82. The van der Waals surface area contributed by atoms with Crippen LogP contribution in [0, 0.1) is 0 Å². The number of para-hydroxylation sites is 2. The summed E-state index contributed by atoms with van der Waals surface area (Å²) in [5, 5.41) is 3.11. The Hall–Kier alpha value is -2.89. The van der Waals surface area contributed by atoms with Crippen molar-refractivity contribution in [1.29, 1.82) is 0 Å². The highest BCUT2D eigenvalue weighted by molar-refractivity contribution is 5.94. The van der Waals surface area contributed by atoms with Crippen LogP contribution in [0.25, 0.3) is 0 Å². The highest BCUT2D eigenvalue weighted by Crippen LogP contribution is 2.40. The zero-order chi connectivity index (χ0) is 21.3. The number of hydrogen-bond acceptors (Lipinski definition) is 5. The van der Waals surface area contributed by atoms with E-state index < -0.39 is 0 Å². The molecular formula is C24H32N2O4. The molecule has 3 rings (SSSR count). The number of rotatable bonds is 8. The topological polar surface area (TPSA) is 60.0 Å². The van der Waals surface area contributed by atoms with E-state index in [1.807, 2.05) is 30.3 Å². The van der Waals surface area contributed by atoms with Crippen molar-refractivity contribution < 1.29 is 19.0 Å². The second kappa shape index (κ2) is 10.8. The minimum atomic E-state index is -0.0193. The van der Waals surface area contributed by atoms with Crippen molar-refractivity contribution in [2.24, 2.45) is 0 Å². The maximum Gasteiger partial charge on any atom is 0.224 e. The van der Waals surface area contributed by atoms with E-state index in [4.69, 9.17) is 14.2 Å². The van der Waals surface area contributed by atoms with E-state index in [9.17, 15) is 4.79 Å². The summed E-state index contributed by atoms with van der Waals surface area (Å²) >= 11 is 0. The number of hydrogen-bond donors (Lipinski definition) is 1. The van der Waals surface area contributed by atoms with E-state index >= 15 is 0 Å². The average Bonchev–Trinajstić information content (AvgIpc) is 3.06. The van der Waals surface area contributed by atoms with Crippen molar-refractivity contribution in [3.05, 3.63) is 42.0 Å². The summed E-state index contributed by atoms with van der Waals surface area (Å²) in [5.74, 6) is 1.74. The summed E-state index contributed by atoms with van der Waals surface area (Å²) in [4.78, 5) is 15.1. The van der Waals surface area contributed by atoms with Gasteiger partial charge in [0.25, 0.3) is 0 Å². The van der Waals surface area contributed by atoms with Gasteiger partial charge < -0.3 is 24.4 Å². The third kappa shape index (κ3) is 5.17. The minimum Gasteiger partial charge on any atom is -0.493 e. The number of nitrogens with zero attached hydrogens (tertiary/aromatic N) is 1. The Morgan fingerprint density at radius 1 is 0.900 bits per heavy atom. The number of benzene rings is 2. The van der Waals surface area contributed by atoms with Crippen molar-refractivity contribution in [2.45, 2.75) is 38.5 Å². The summed E-state index contributed by atoms with van der Waals surface area (Å²) in [7, 11) is 4.76. The molecule has 1 N–H and O–H groups in total. The van der Waals surface area contributed by atoms with Crippen molar-refractivity contribution in [1.82, 2.24) is 0 Å². The smallest absolute Gasteiger partial charge is 0.224 e. The molecule has 1 saturated heterocycles. The Bertz CT molecular complexity index is 845. The molecule has 0 saturated carbocycles. The Labute approximate surface area is 179 Å². The number of aryl methyl sites for hydroxylation is 1. The van der Waals surface area contributed by atoms with Crippen LogP contribution >= 0.6 is 0 Å². The third-order valence-electron chi connectivity index (χ3n) is 5.53. The lowest BCUT2D eigenvalue weighted by atomic mass is 10.1. The van der Waals surface area contributed by atoms with Crippen molar-refractivity contribution in [3.8, 4) is 17.2 Å². The predicted octanol–water partition coefficient (Wildman–Crippen LogP) is 4.66. The van der Waals surface area contributed by atoms with Crippen LogP contribution in [-0.4, -0.2) is 40.3 Å². The van der Waals surface area contributed by atoms with Gasteiger partial charge in [-0.3, -0.25) is 4.79 Å². The lowest BCUT2D eigenvalue weighted by Crippen LogP contribution is -2.25. The van der Waals surface area contributed by atoms with Gasteiger partial charge in [-0.05, 0) is 43.0 Å². The SMILES string of the molecule is COc1ccc(CCC(=O)Nc2ccccc2N2CCCCCC2)c(OC)c1OC. The second-order valence-electron chi connectivity index (χ2n) is 7.46. The number of carbonyl (C=O) groups excluding carboxylic acids is 1. The van der Waals surface area contributed by atoms with E-state index in [0.29, 0.717) is 30.1 Å². The summed E-state index contributed by atoms with van der Waals surface area (Å²) < 4.78 is 16.3. The molecule has 0 bridgehead atoms. The van der Waals surface area contributed by atoms with Crippen LogP contribution in [0.3, 0.4) is 0 Å². The number of carbonyl (C=O) groups is 1. The second-order valence-corrected chi connectivity index (χ2v) is 7.46. The standard InChI is InChI=1S/C24H32N2O4/c1-28-21-14-12-18(23(29-2)24(21)30-3)13-15-22(27)25-19-10-6-7-11-20(19)26-16-8-4-5-9-17-26/h6-7,10-12,14H,4-5,8-9,13,15-17H2,1-3H3,(H,25,27). The van der Waals surface area contributed by atoms with E-state index in [2.05, 4.69) is 16.3 Å². The number of nitrogens with one attached hydrogen (secondary N) is 1. The maximum atomic E-state index is 12.7. The Balaban J connectivity index is 1.69. The molecule has 2 aromatic carbocycles. The zero-order valence-corrected chi connectivity index (χ0v) is 18.2. The van der Waals surface area contributed by atoms with Crippen molar-refractivity contribution in [2.75, 3.05) is 44.6 Å². The third-order valence-corrected chi connectivity index (χ3v) is 5.53. The Morgan fingerprint density at radius 3 is 2.27 bits per heavy atom. The normalized spacial score (nSPS) is 14.0. The molecule has 6 heteroatoms. The van der Waals surface area contributed by atoms with Gasteiger partial charge in [0, 0.05) is 19.5 Å². The summed E-state index contributed by atoms with van der Waals surface area (Å²) in [6.07, 6.45) is 5.83. The van der Waals surface area contributed by atoms with Crippen LogP contribution in [0.4, 0.5) is 11.4 Å². The minimum absolute atomic E-state index is 0.0193. The van der Waals surface area contributed by atoms with Gasteiger partial charge in [-0.15, -0.1) is 0 Å². The molecule has 0 aromatic heterocycles. The van der Waals surface area contributed by atoms with Gasteiger partial charge in [0.05, 0.1) is 32.7 Å². The maximum absolute atomic E-state index is 12.7. The van der Waals surface area contributed by atoms with E-state index in [0.717, 1.165) is 30.0 Å². The van der Waals surface area contributed by atoms with Gasteiger partial charge >= 0.3 is 0 Å². The number of amides is 1. The van der Waals surface area contributed by atoms with Crippen LogP contribution in [0.5, 0.6) is 17.2 Å². The van der Waals surface area contributed by atoms with Gasteiger partial charge in [-0.25, -0.2) is 0 Å². The molecule has 0 unspecified atom stereocenters. The quantitative estimate of drug-likeness (QED) is 0.683. The van der Waals surface area contributed by atoms with Gasteiger partial charge in [-0.2, -0.15) is 0 Å². The first-order valence-corrected chi connectivity index (χ1v) is 10.6. The van der Waals surface area contributed by atoms with Gasteiger partial charge in [-0.1, -0.05) is 31.0 Å². The van der Waals surface area contributed by atoms with E-state index in [-0.39, 0.29) is 5.91 Å². The fourth-order valence-corrected chi connectivity index (χ4v) is 3.99. The Morgan fingerprint density at radius 2 is 1.60 bits per heavy atom. The first-order valence-electron chi connectivity index (χ1n) is 10.6. The fraction of sp³-hybridized carbons (Fsp3) is 0.458. The predicted molar refractivity (Wildman–Crippen MR) is 120 cm³/mol. The lowest BCUT2D eigenvalue weighted by molar-refractivity contribution is -0.116. The van der Waals surface area contributed by atoms with Crippen molar-refractivity contribution in [3.63, 3.8) is 0 Å². The summed E-state index contributed by atoms with van der Waals surface area (Å²) in [5.41, 5.74) is 2.89. The lowest BCUT2D eigenvalue weighted by Gasteiger charge is -2.25. The number of ether oxygens (including phenoxy) is 3. The molecule has 1 amide bonds. The van der Waals surface area contributed by atoms with Crippen LogP contribution < -0.4 is 24.4 Å². The molecular weight excluding hydrogens is 380 g/mol. The monoisotopic (exact) mass is 412 g/mol. The van der Waals surface area contributed by atoms with Crippen LogP contribution in [0.2, 0.25) is 0 Å². The molecule has 1 aliphatic rings. The largest absolute Gasteiger partial charge is 0.493 e. The van der Waals surface area contributed by atoms with Crippen LogP contribution in [0.1, 0.15) is 37.7 Å². The van der Waals surface area contributed by atoms with E-state index in [1.165, 1.54) is 25.7 Å². The first-order chi connectivity index (χ1) is 14.7. The number of methoxy groups -OCH3 is 3. The molecule has 162 valence electrons. The molecule has 6 nitrogen and oxygen atoms in total. The first kappa shape index (κ1) is 21.8. The van der Waals surface area contributed by atoms with Gasteiger partial charge in [0.1, 0.15) is 0 Å². The molecule has 1 heterocycles. The van der Waals surface area contributed by atoms with Crippen LogP contribution in [0.15, 0.2) is 36.4 Å². The molecule has 30 heavy (non-hydrogen) atoms. The zero-order valence-electron chi connectivity index (χ0n) is 18.2. The fourth-order valence-electron chi connectivity index (χ4n) is 3.99. The summed E-state index contributed by atoms with van der Waals surface area (Å²) in [6, 6.07) is 11.8. The molecule has 0 spiro atoms. The van der Waals surface area contributed by atoms with Crippen molar-refractivity contribution >= 4 is 17.3 Å². The van der Waals surface area contributed by atoms with Gasteiger partial charge in [0.2, 0.25) is 11.7 Å². The summed E-state index contributed by atoms with van der Waals surface area (Å²) in [6.45, 7) is 2.07. The number of anilines is 2. The highest BCUT2D eigenvalue weighted by atomic mass is 16.5.